The number of ether oxygens (including phenoxy) is 1. The number of anilines is 1. The minimum atomic E-state index is -0.391. The van der Waals surface area contributed by atoms with E-state index in [2.05, 4.69) is 15.3 Å². The highest BCUT2D eigenvalue weighted by atomic mass is 35.5. The lowest BCUT2D eigenvalue weighted by Crippen LogP contribution is -2.26. The minimum absolute atomic E-state index is 0.137. The highest BCUT2D eigenvalue weighted by molar-refractivity contribution is 6.33. The van der Waals surface area contributed by atoms with Gasteiger partial charge in [-0.05, 0) is 26.0 Å². The molecule has 0 saturated heterocycles. The number of halogens is 1. The van der Waals surface area contributed by atoms with Crippen molar-refractivity contribution in [1.82, 2.24) is 15.0 Å². The number of methoxy groups -OCH3 is 1. The molecule has 29 heavy (non-hydrogen) atoms. The van der Waals surface area contributed by atoms with Crippen molar-refractivity contribution in [2.24, 2.45) is 0 Å². The van der Waals surface area contributed by atoms with Gasteiger partial charge in [0, 0.05) is 40.8 Å². The maximum absolute atomic E-state index is 13.2. The second-order valence-electron chi connectivity index (χ2n) is 6.73. The molecule has 0 fully saturated rings. The Morgan fingerprint density at radius 1 is 1.21 bits per heavy atom. The van der Waals surface area contributed by atoms with Crippen molar-refractivity contribution in [3.05, 3.63) is 47.1 Å². The van der Waals surface area contributed by atoms with E-state index in [1.165, 1.54) is 21.3 Å². The normalized spacial score (nSPS) is 11.0. The zero-order valence-corrected chi connectivity index (χ0v) is 17.7. The smallest absolute Gasteiger partial charge is 0.283 e. The zero-order valence-electron chi connectivity index (χ0n) is 17.0. The third-order valence-electron chi connectivity index (χ3n) is 4.39. The van der Waals surface area contributed by atoms with Crippen molar-refractivity contribution < 1.29 is 14.4 Å². The molecule has 0 aliphatic rings. The average molecular weight is 415 g/mol. The molecule has 1 amide bonds. The highest BCUT2D eigenvalue weighted by Gasteiger charge is 2.26. The van der Waals surface area contributed by atoms with Gasteiger partial charge in [0.15, 0.2) is 0 Å². The molecular formula is C21H23ClN4O3. The van der Waals surface area contributed by atoms with Gasteiger partial charge in [0.1, 0.15) is 11.3 Å². The van der Waals surface area contributed by atoms with Crippen LogP contribution in [0.15, 0.2) is 36.5 Å². The van der Waals surface area contributed by atoms with E-state index in [0.29, 0.717) is 33.2 Å². The van der Waals surface area contributed by atoms with Crippen LogP contribution in [0.25, 0.3) is 22.0 Å². The van der Waals surface area contributed by atoms with Gasteiger partial charge in [-0.1, -0.05) is 29.8 Å². The number of fused-ring (bicyclic) bond motifs is 1. The Labute approximate surface area is 174 Å². The molecule has 1 aromatic heterocycles. The lowest BCUT2D eigenvalue weighted by atomic mass is 9.97. The average Bonchev–Trinajstić information content (AvgIpc) is 2.71. The number of nitrogens with zero attached hydrogens (tertiary/aromatic N) is 3. The van der Waals surface area contributed by atoms with E-state index in [-0.39, 0.29) is 11.6 Å². The maximum atomic E-state index is 13.2. The first-order chi connectivity index (χ1) is 13.9. The lowest BCUT2D eigenvalue weighted by molar-refractivity contribution is -0.0757. The summed E-state index contributed by atoms with van der Waals surface area (Å²) in [5, 5.41) is 5.52. The first-order valence-electron chi connectivity index (χ1n) is 9.08. The van der Waals surface area contributed by atoms with Crippen LogP contribution in [0.3, 0.4) is 0 Å². The van der Waals surface area contributed by atoms with Gasteiger partial charge >= 0.3 is 0 Å². The maximum Gasteiger partial charge on any atom is 0.283 e. The summed E-state index contributed by atoms with van der Waals surface area (Å²) in [7, 11) is 4.47. The molecule has 0 aliphatic carbocycles. The SMILES string of the molecule is COc1c(-c2ccccc2Cl)cc2cnc(NC(C)C)nc2c1C(=O)N(C)OC. The van der Waals surface area contributed by atoms with Crippen LogP contribution in [0, 0.1) is 0 Å². The van der Waals surface area contributed by atoms with Crippen LogP contribution in [-0.2, 0) is 4.84 Å². The molecule has 3 aromatic rings. The van der Waals surface area contributed by atoms with E-state index in [1.807, 2.05) is 38.1 Å². The lowest BCUT2D eigenvalue weighted by Gasteiger charge is -2.20. The summed E-state index contributed by atoms with van der Waals surface area (Å²) < 4.78 is 5.69. The van der Waals surface area contributed by atoms with Crippen LogP contribution >= 0.6 is 11.6 Å². The van der Waals surface area contributed by atoms with Crippen molar-refractivity contribution in [3.8, 4) is 16.9 Å². The zero-order chi connectivity index (χ0) is 21.1. The quantitative estimate of drug-likeness (QED) is 0.602. The Bertz CT molecular complexity index is 1060. The summed E-state index contributed by atoms with van der Waals surface area (Å²) >= 11 is 6.43. The molecule has 7 nitrogen and oxygen atoms in total. The Morgan fingerprint density at radius 3 is 2.55 bits per heavy atom. The molecule has 0 saturated carbocycles. The van der Waals surface area contributed by atoms with Crippen molar-refractivity contribution in [1.29, 1.82) is 0 Å². The Morgan fingerprint density at radius 2 is 1.93 bits per heavy atom. The van der Waals surface area contributed by atoms with E-state index in [1.54, 1.807) is 12.3 Å². The Kier molecular flexibility index (Phi) is 6.20. The van der Waals surface area contributed by atoms with Crippen LogP contribution in [0.5, 0.6) is 5.75 Å². The number of rotatable bonds is 6. The van der Waals surface area contributed by atoms with E-state index in [9.17, 15) is 4.79 Å². The van der Waals surface area contributed by atoms with Crippen LogP contribution in [0.1, 0.15) is 24.2 Å². The highest BCUT2D eigenvalue weighted by Crippen LogP contribution is 2.41. The van der Waals surface area contributed by atoms with Crippen molar-refractivity contribution >= 4 is 34.4 Å². The summed E-state index contributed by atoms with van der Waals surface area (Å²) in [4.78, 5) is 27.3. The number of carbonyl (C=O) groups excluding carboxylic acids is 1. The van der Waals surface area contributed by atoms with Crippen molar-refractivity contribution in [3.63, 3.8) is 0 Å². The number of carbonyl (C=O) groups is 1. The fourth-order valence-electron chi connectivity index (χ4n) is 3.02. The summed E-state index contributed by atoms with van der Waals surface area (Å²) in [6.45, 7) is 3.97. The van der Waals surface area contributed by atoms with Gasteiger partial charge in [-0.25, -0.2) is 15.0 Å². The predicted molar refractivity (Wildman–Crippen MR) is 114 cm³/mol. The van der Waals surface area contributed by atoms with Crippen LogP contribution < -0.4 is 10.1 Å². The monoisotopic (exact) mass is 414 g/mol. The Hall–Kier alpha value is -2.90. The van der Waals surface area contributed by atoms with Crippen LogP contribution in [-0.4, -0.2) is 48.2 Å². The minimum Gasteiger partial charge on any atom is -0.495 e. The standard InChI is InChI=1S/C21H23ClN4O3/c1-12(2)24-21-23-11-13-10-15(14-8-6-7-9-16(14)22)19(28-4)17(18(13)25-21)20(27)26(3)29-5/h6-12H,1-5H3,(H,23,24,25). The largest absolute Gasteiger partial charge is 0.495 e. The molecular weight excluding hydrogens is 392 g/mol. The van der Waals surface area contributed by atoms with Crippen LogP contribution in [0.4, 0.5) is 5.95 Å². The first kappa shape index (κ1) is 20.8. The fourth-order valence-corrected chi connectivity index (χ4v) is 3.26. The third-order valence-corrected chi connectivity index (χ3v) is 4.71. The van der Waals surface area contributed by atoms with Gasteiger partial charge in [-0.15, -0.1) is 0 Å². The molecule has 0 spiro atoms. The van der Waals surface area contributed by atoms with Gasteiger partial charge < -0.3 is 10.1 Å². The third kappa shape index (κ3) is 4.11. The van der Waals surface area contributed by atoms with Crippen LogP contribution in [0.2, 0.25) is 5.02 Å². The van der Waals surface area contributed by atoms with Crippen molar-refractivity contribution in [2.75, 3.05) is 26.6 Å². The topological polar surface area (TPSA) is 76.6 Å². The summed E-state index contributed by atoms with van der Waals surface area (Å²) in [5.74, 6) is 0.403. The predicted octanol–water partition coefficient (Wildman–Crippen LogP) is 4.41. The number of hydrogen-bond acceptors (Lipinski definition) is 6. The Balaban J connectivity index is 2.37. The molecule has 1 heterocycles. The second kappa shape index (κ2) is 8.63. The number of hydrogen-bond donors (Lipinski definition) is 1. The molecule has 3 rings (SSSR count). The fraction of sp³-hybridized carbons (Fsp3) is 0.286. The van der Waals surface area contributed by atoms with Gasteiger partial charge in [0.25, 0.3) is 5.91 Å². The van der Waals surface area contributed by atoms with Gasteiger partial charge in [0.05, 0.1) is 19.7 Å². The van der Waals surface area contributed by atoms with Gasteiger partial charge in [0.2, 0.25) is 5.95 Å². The number of amides is 1. The van der Waals surface area contributed by atoms with Crippen molar-refractivity contribution in [2.45, 2.75) is 19.9 Å². The summed E-state index contributed by atoms with van der Waals surface area (Å²) in [6, 6.07) is 9.39. The molecule has 2 aromatic carbocycles. The number of aromatic nitrogens is 2. The molecule has 152 valence electrons. The molecule has 0 bridgehead atoms. The van der Waals surface area contributed by atoms with E-state index >= 15 is 0 Å². The molecule has 0 unspecified atom stereocenters. The van der Waals surface area contributed by atoms with Gasteiger partial charge in [-0.3, -0.25) is 9.63 Å². The molecule has 0 aliphatic heterocycles. The van der Waals surface area contributed by atoms with E-state index < -0.39 is 5.91 Å². The number of nitrogens with one attached hydrogen (secondary N) is 1. The molecule has 0 radical (unpaired) electrons. The second-order valence-corrected chi connectivity index (χ2v) is 7.14. The molecule has 0 atom stereocenters. The number of benzene rings is 2. The van der Waals surface area contributed by atoms with Gasteiger partial charge in [-0.2, -0.15) is 0 Å². The van der Waals surface area contributed by atoms with E-state index in [4.69, 9.17) is 21.2 Å². The van der Waals surface area contributed by atoms with E-state index in [0.717, 1.165) is 10.6 Å². The first-order valence-corrected chi connectivity index (χ1v) is 9.46. The molecule has 1 N–H and O–H groups in total. The number of hydroxylamine groups is 2. The molecule has 8 heteroatoms. The summed E-state index contributed by atoms with van der Waals surface area (Å²) in [5.41, 5.74) is 2.15. The summed E-state index contributed by atoms with van der Waals surface area (Å²) in [6.07, 6.45) is 1.68.